The Labute approximate surface area is 117 Å². The highest BCUT2D eigenvalue weighted by molar-refractivity contribution is 5.86. The summed E-state index contributed by atoms with van der Waals surface area (Å²) >= 11 is 0. The molecule has 0 bridgehead atoms. The maximum Gasteiger partial charge on any atom is 0.151 e. The van der Waals surface area contributed by atoms with Gasteiger partial charge in [-0.15, -0.1) is 0 Å². The highest BCUT2D eigenvalue weighted by atomic mass is 16.3. The van der Waals surface area contributed by atoms with Crippen LogP contribution in [0.25, 0.3) is 22.7 Å². The van der Waals surface area contributed by atoms with Crippen LogP contribution >= 0.6 is 0 Å². The van der Waals surface area contributed by atoms with Crippen molar-refractivity contribution in [3.63, 3.8) is 0 Å². The van der Waals surface area contributed by atoms with E-state index in [2.05, 4.69) is 0 Å². The Morgan fingerprint density at radius 2 is 1.85 bits per heavy atom. The molecule has 0 fully saturated rings. The van der Waals surface area contributed by atoms with E-state index in [1.807, 2.05) is 43.3 Å². The Kier molecular flexibility index (Phi) is 2.95. The Balaban J connectivity index is 1.99. The molecule has 0 spiro atoms. The molecule has 0 aliphatic heterocycles. The molecule has 3 N–H and O–H groups in total. The first kappa shape index (κ1) is 12.4. The van der Waals surface area contributed by atoms with Gasteiger partial charge in [-0.3, -0.25) is 0 Å². The molecule has 0 aliphatic rings. The highest BCUT2D eigenvalue weighted by Crippen LogP contribution is 2.26. The van der Waals surface area contributed by atoms with Gasteiger partial charge < -0.3 is 15.3 Å². The van der Waals surface area contributed by atoms with Crippen LogP contribution in [-0.2, 0) is 0 Å². The third-order valence-electron chi connectivity index (χ3n) is 3.19. The van der Waals surface area contributed by atoms with E-state index in [1.54, 1.807) is 18.2 Å². The zero-order chi connectivity index (χ0) is 14.1. The van der Waals surface area contributed by atoms with Crippen LogP contribution in [0, 0.1) is 6.92 Å². The van der Waals surface area contributed by atoms with Gasteiger partial charge in [0.15, 0.2) is 5.76 Å². The molecular formula is C17H15NO2. The summed E-state index contributed by atoms with van der Waals surface area (Å²) in [6, 6.07) is 15.0. The van der Waals surface area contributed by atoms with Crippen molar-refractivity contribution in [1.82, 2.24) is 0 Å². The molecule has 20 heavy (non-hydrogen) atoms. The van der Waals surface area contributed by atoms with Gasteiger partial charge in [0.2, 0.25) is 0 Å². The maximum absolute atomic E-state index is 9.43. The summed E-state index contributed by atoms with van der Waals surface area (Å²) in [5.41, 5.74) is 9.49. The number of aryl methyl sites for hydroxylation is 1. The standard InChI is InChI=1S/C17H15NO2/c1-11-2-4-12(5-3-11)8-15(18)17-9-13-6-7-14(19)10-16(13)20-17/h2-10,19H,18H2,1H3. The number of nitrogens with two attached hydrogens (primary N) is 1. The second-order valence-electron chi connectivity index (χ2n) is 4.84. The van der Waals surface area contributed by atoms with Gasteiger partial charge in [0.05, 0.1) is 5.70 Å². The highest BCUT2D eigenvalue weighted by Gasteiger charge is 2.06. The summed E-state index contributed by atoms with van der Waals surface area (Å²) in [6.07, 6.45) is 1.87. The van der Waals surface area contributed by atoms with Gasteiger partial charge in [0, 0.05) is 11.5 Å². The largest absolute Gasteiger partial charge is 0.508 e. The van der Waals surface area contributed by atoms with E-state index in [9.17, 15) is 5.11 Å². The van der Waals surface area contributed by atoms with Crippen LogP contribution in [0.2, 0.25) is 0 Å². The normalized spacial score (nSPS) is 11.9. The fourth-order valence-electron chi connectivity index (χ4n) is 2.08. The molecule has 3 aromatic rings. The molecular weight excluding hydrogens is 250 g/mol. The van der Waals surface area contributed by atoms with E-state index in [0.717, 1.165) is 10.9 Å². The fraction of sp³-hybridized carbons (Fsp3) is 0.0588. The summed E-state index contributed by atoms with van der Waals surface area (Å²) in [5.74, 6) is 0.783. The summed E-state index contributed by atoms with van der Waals surface area (Å²) in [4.78, 5) is 0. The first-order valence-corrected chi connectivity index (χ1v) is 6.38. The van der Waals surface area contributed by atoms with Gasteiger partial charge in [-0.25, -0.2) is 0 Å². The number of benzene rings is 2. The number of rotatable bonds is 2. The molecule has 1 aromatic heterocycles. The van der Waals surface area contributed by atoms with Crippen molar-refractivity contribution in [3.05, 3.63) is 65.4 Å². The molecule has 0 saturated heterocycles. The van der Waals surface area contributed by atoms with Crippen LogP contribution in [0.4, 0.5) is 0 Å². The second kappa shape index (κ2) is 4.78. The number of hydrogen-bond donors (Lipinski definition) is 2. The van der Waals surface area contributed by atoms with Crippen LogP contribution in [-0.4, -0.2) is 5.11 Å². The summed E-state index contributed by atoms with van der Waals surface area (Å²) in [5, 5.41) is 10.3. The van der Waals surface area contributed by atoms with Gasteiger partial charge in [-0.2, -0.15) is 0 Å². The molecule has 3 rings (SSSR count). The first-order valence-electron chi connectivity index (χ1n) is 6.38. The maximum atomic E-state index is 9.43. The molecule has 3 heteroatoms. The van der Waals surface area contributed by atoms with Crippen molar-refractivity contribution in [1.29, 1.82) is 0 Å². The van der Waals surface area contributed by atoms with E-state index in [0.29, 0.717) is 17.0 Å². The monoisotopic (exact) mass is 265 g/mol. The summed E-state index contributed by atoms with van der Waals surface area (Å²) < 4.78 is 5.65. The molecule has 0 atom stereocenters. The lowest BCUT2D eigenvalue weighted by atomic mass is 10.1. The quantitative estimate of drug-likeness (QED) is 0.738. The van der Waals surface area contributed by atoms with E-state index >= 15 is 0 Å². The Morgan fingerprint density at radius 3 is 2.60 bits per heavy atom. The van der Waals surface area contributed by atoms with Crippen molar-refractivity contribution < 1.29 is 9.52 Å². The lowest BCUT2D eigenvalue weighted by molar-refractivity contribution is 0.474. The van der Waals surface area contributed by atoms with Crippen molar-refractivity contribution in [2.24, 2.45) is 5.73 Å². The minimum atomic E-state index is 0.180. The lowest BCUT2D eigenvalue weighted by Gasteiger charge is -1.98. The zero-order valence-electron chi connectivity index (χ0n) is 11.1. The second-order valence-corrected chi connectivity index (χ2v) is 4.84. The molecule has 1 heterocycles. The summed E-state index contributed by atoms with van der Waals surface area (Å²) in [7, 11) is 0. The van der Waals surface area contributed by atoms with Crippen LogP contribution < -0.4 is 5.73 Å². The Hall–Kier alpha value is -2.68. The van der Waals surface area contributed by atoms with Gasteiger partial charge >= 0.3 is 0 Å². The van der Waals surface area contributed by atoms with Crippen molar-refractivity contribution in [2.75, 3.05) is 0 Å². The number of hydrogen-bond acceptors (Lipinski definition) is 3. The predicted molar refractivity (Wildman–Crippen MR) is 81.1 cm³/mol. The third kappa shape index (κ3) is 2.38. The summed E-state index contributed by atoms with van der Waals surface area (Å²) in [6.45, 7) is 2.04. The number of furan rings is 1. The van der Waals surface area contributed by atoms with Crippen molar-refractivity contribution in [3.8, 4) is 5.75 Å². The van der Waals surface area contributed by atoms with E-state index < -0.39 is 0 Å². The lowest BCUT2D eigenvalue weighted by Crippen LogP contribution is -1.93. The average Bonchev–Trinajstić information content (AvgIpc) is 2.84. The van der Waals surface area contributed by atoms with Gasteiger partial charge in [-0.05, 0) is 36.8 Å². The van der Waals surface area contributed by atoms with E-state index in [4.69, 9.17) is 10.2 Å². The minimum absolute atomic E-state index is 0.180. The smallest absolute Gasteiger partial charge is 0.151 e. The number of phenolic OH excluding ortho intramolecular Hbond substituents is 1. The van der Waals surface area contributed by atoms with Gasteiger partial charge in [0.25, 0.3) is 0 Å². The van der Waals surface area contributed by atoms with Gasteiger partial charge in [-0.1, -0.05) is 29.8 Å². The van der Waals surface area contributed by atoms with Crippen LogP contribution in [0.1, 0.15) is 16.9 Å². The Morgan fingerprint density at radius 1 is 1.10 bits per heavy atom. The Bertz CT molecular complexity index is 782. The van der Waals surface area contributed by atoms with E-state index in [-0.39, 0.29) is 5.75 Å². The van der Waals surface area contributed by atoms with Crippen molar-refractivity contribution in [2.45, 2.75) is 6.92 Å². The van der Waals surface area contributed by atoms with Crippen molar-refractivity contribution >= 4 is 22.7 Å². The molecule has 100 valence electrons. The third-order valence-corrected chi connectivity index (χ3v) is 3.19. The van der Waals surface area contributed by atoms with Crippen LogP contribution in [0.15, 0.2) is 52.9 Å². The SMILES string of the molecule is Cc1ccc(C=C(N)c2cc3ccc(O)cc3o2)cc1. The molecule has 0 saturated carbocycles. The fourth-order valence-corrected chi connectivity index (χ4v) is 2.08. The number of fused-ring (bicyclic) bond motifs is 1. The molecule has 0 aliphatic carbocycles. The van der Waals surface area contributed by atoms with Crippen LogP contribution in [0.5, 0.6) is 5.75 Å². The number of phenols is 1. The topological polar surface area (TPSA) is 59.4 Å². The molecule has 0 unspecified atom stereocenters. The first-order chi connectivity index (χ1) is 9.61. The predicted octanol–water partition coefficient (Wildman–Crippen LogP) is 3.90. The molecule has 3 nitrogen and oxygen atoms in total. The van der Waals surface area contributed by atoms with Gasteiger partial charge in [0.1, 0.15) is 11.3 Å². The number of aromatic hydroxyl groups is 1. The average molecular weight is 265 g/mol. The minimum Gasteiger partial charge on any atom is -0.508 e. The van der Waals surface area contributed by atoms with Crippen LogP contribution in [0.3, 0.4) is 0 Å². The van der Waals surface area contributed by atoms with E-state index in [1.165, 1.54) is 5.56 Å². The molecule has 0 amide bonds. The zero-order valence-corrected chi connectivity index (χ0v) is 11.1. The molecule has 2 aromatic carbocycles. The molecule has 0 radical (unpaired) electrons.